The molecule has 2 aromatic rings. The average Bonchev–Trinajstić information content (AvgIpc) is 3.22. The van der Waals surface area contributed by atoms with Crippen molar-refractivity contribution in [2.45, 2.75) is 19.3 Å². The molecule has 0 radical (unpaired) electrons. The Balaban J connectivity index is 1.49. The Bertz CT molecular complexity index is 673. The number of nitrogens with one attached hydrogen (secondary N) is 1. The topological polar surface area (TPSA) is 58.4 Å². The van der Waals surface area contributed by atoms with Crippen molar-refractivity contribution in [1.29, 1.82) is 0 Å². The molecular formula is C16H19N3O2. The van der Waals surface area contributed by atoms with E-state index in [1.807, 2.05) is 29.2 Å². The van der Waals surface area contributed by atoms with Gasteiger partial charge in [-0.15, -0.1) is 0 Å². The van der Waals surface area contributed by atoms with Crippen LogP contribution in [0.15, 0.2) is 28.8 Å². The highest BCUT2D eigenvalue weighted by atomic mass is 16.5. The number of hydrogen-bond donors (Lipinski definition) is 1. The number of carbonyl (C=O) groups excluding carboxylic acids is 1. The van der Waals surface area contributed by atoms with Crippen LogP contribution < -0.4 is 5.32 Å². The lowest BCUT2D eigenvalue weighted by molar-refractivity contribution is -0.129. The second-order valence-electron chi connectivity index (χ2n) is 6.29. The van der Waals surface area contributed by atoms with Crippen molar-refractivity contribution < 1.29 is 9.32 Å². The number of hydrogen-bond acceptors (Lipinski definition) is 4. The summed E-state index contributed by atoms with van der Waals surface area (Å²) in [5.74, 6) is 0.165. The van der Waals surface area contributed by atoms with Crippen LogP contribution >= 0.6 is 0 Å². The van der Waals surface area contributed by atoms with E-state index in [4.69, 9.17) is 4.52 Å². The van der Waals surface area contributed by atoms with Crippen LogP contribution in [0.2, 0.25) is 0 Å². The molecule has 1 spiro atoms. The number of nitrogens with zero attached hydrogens (tertiary/aromatic N) is 2. The first-order valence-electron chi connectivity index (χ1n) is 7.58. The summed E-state index contributed by atoms with van der Waals surface area (Å²) in [6.07, 6.45) is 2.63. The molecule has 21 heavy (non-hydrogen) atoms. The third kappa shape index (κ3) is 2.21. The zero-order valence-electron chi connectivity index (χ0n) is 12.0. The smallest absolute Gasteiger partial charge is 0.228 e. The highest BCUT2D eigenvalue weighted by Gasteiger charge is 2.41. The molecule has 3 heterocycles. The SMILES string of the molecule is O=C(Cc1noc2ccccc12)N1CCC2(CCNC2)C1. The lowest BCUT2D eigenvalue weighted by atomic mass is 9.86. The predicted octanol–water partition coefficient (Wildman–Crippen LogP) is 1.58. The molecule has 5 heteroatoms. The van der Waals surface area contributed by atoms with E-state index in [9.17, 15) is 4.79 Å². The van der Waals surface area contributed by atoms with Gasteiger partial charge in [0.15, 0.2) is 5.58 Å². The fraction of sp³-hybridized carbons (Fsp3) is 0.500. The fourth-order valence-electron chi connectivity index (χ4n) is 3.61. The molecule has 2 aliphatic heterocycles. The number of amides is 1. The van der Waals surface area contributed by atoms with Crippen molar-refractivity contribution in [3.05, 3.63) is 30.0 Å². The monoisotopic (exact) mass is 285 g/mol. The number of rotatable bonds is 2. The molecule has 110 valence electrons. The van der Waals surface area contributed by atoms with E-state index in [-0.39, 0.29) is 5.91 Å². The second-order valence-corrected chi connectivity index (χ2v) is 6.29. The number of aromatic nitrogens is 1. The molecule has 1 atom stereocenters. The Hall–Kier alpha value is -1.88. The standard InChI is InChI=1S/C16H19N3O2/c20-15(19-8-6-16(11-19)5-7-17-10-16)9-13-12-3-1-2-4-14(12)21-18-13/h1-4,17H,5-11H2. The third-order valence-corrected chi connectivity index (χ3v) is 4.89. The van der Waals surface area contributed by atoms with E-state index in [1.165, 1.54) is 6.42 Å². The zero-order valence-corrected chi connectivity index (χ0v) is 12.0. The molecule has 1 amide bonds. The summed E-state index contributed by atoms with van der Waals surface area (Å²) in [6, 6.07) is 7.70. The molecule has 4 rings (SSSR count). The van der Waals surface area contributed by atoms with E-state index in [0.717, 1.165) is 49.3 Å². The van der Waals surface area contributed by atoms with Gasteiger partial charge in [0.1, 0.15) is 5.69 Å². The van der Waals surface area contributed by atoms with Gasteiger partial charge in [-0.25, -0.2) is 0 Å². The highest BCUT2D eigenvalue weighted by Crippen LogP contribution is 2.36. The maximum absolute atomic E-state index is 12.5. The Kier molecular flexibility index (Phi) is 2.96. The molecule has 1 aromatic heterocycles. The van der Waals surface area contributed by atoms with E-state index in [0.29, 0.717) is 11.8 Å². The van der Waals surface area contributed by atoms with Gasteiger partial charge >= 0.3 is 0 Å². The van der Waals surface area contributed by atoms with Crippen molar-refractivity contribution in [3.8, 4) is 0 Å². The van der Waals surface area contributed by atoms with Gasteiger partial charge in [-0.05, 0) is 31.5 Å². The van der Waals surface area contributed by atoms with Crippen LogP contribution in [0.5, 0.6) is 0 Å². The van der Waals surface area contributed by atoms with E-state index >= 15 is 0 Å². The van der Waals surface area contributed by atoms with Crippen molar-refractivity contribution in [1.82, 2.24) is 15.4 Å². The molecule has 0 saturated carbocycles. The summed E-state index contributed by atoms with van der Waals surface area (Å²) in [7, 11) is 0. The summed E-state index contributed by atoms with van der Waals surface area (Å²) in [5, 5.41) is 8.43. The van der Waals surface area contributed by atoms with E-state index < -0.39 is 0 Å². The molecule has 1 unspecified atom stereocenters. The normalized spacial score (nSPS) is 25.2. The van der Waals surface area contributed by atoms with Gasteiger partial charge in [0.2, 0.25) is 5.91 Å². The molecule has 1 aromatic carbocycles. The van der Waals surface area contributed by atoms with E-state index in [2.05, 4.69) is 10.5 Å². The number of likely N-dealkylation sites (tertiary alicyclic amines) is 1. The zero-order chi connectivity index (χ0) is 14.3. The molecule has 2 saturated heterocycles. The summed E-state index contributed by atoms with van der Waals surface area (Å²) in [4.78, 5) is 14.5. The third-order valence-electron chi connectivity index (χ3n) is 4.89. The fourth-order valence-corrected chi connectivity index (χ4v) is 3.61. The second kappa shape index (κ2) is 4.84. The Morgan fingerprint density at radius 2 is 2.29 bits per heavy atom. The number of carbonyl (C=O) groups is 1. The van der Waals surface area contributed by atoms with Crippen LogP contribution in [-0.2, 0) is 11.2 Å². The van der Waals surface area contributed by atoms with Crippen LogP contribution in [0, 0.1) is 5.41 Å². The van der Waals surface area contributed by atoms with Crippen molar-refractivity contribution in [2.75, 3.05) is 26.2 Å². The molecule has 5 nitrogen and oxygen atoms in total. The molecule has 0 aliphatic carbocycles. The minimum absolute atomic E-state index is 0.165. The van der Waals surface area contributed by atoms with Crippen molar-refractivity contribution in [2.24, 2.45) is 5.41 Å². The first-order chi connectivity index (χ1) is 10.3. The van der Waals surface area contributed by atoms with Crippen LogP contribution in [0.1, 0.15) is 18.5 Å². The summed E-state index contributed by atoms with van der Waals surface area (Å²) < 4.78 is 5.28. The molecule has 0 bridgehead atoms. The minimum atomic E-state index is 0.165. The quantitative estimate of drug-likeness (QED) is 0.910. The number of benzene rings is 1. The maximum atomic E-state index is 12.5. The van der Waals surface area contributed by atoms with Crippen molar-refractivity contribution >= 4 is 16.9 Å². The Morgan fingerprint density at radius 3 is 3.14 bits per heavy atom. The molecule has 2 fully saturated rings. The molecule has 2 aliphatic rings. The van der Waals surface area contributed by atoms with Gasteiger partial charge in [0.25, 0.3) is 0 Å². The Morgan fingerprint density at radius 1 is 1.38 bits per heavy atom. The van der Waals surface area contributed by atoms with Gasteiger partial charge in [-0.1, -0.05) is 17.3 Å². The van der Waals surface area contributed by atoms with Gasteiger partial charge in [0, 0.05) is 30.4 Å². The highest BCUT2D eigenvalue weighted by molar-refractivity contribution is 5.86. The molecule has 1 N–H and O–H groups in total. The Labute approximate surface area is 123 Å². The van der Waals surface area contributed by atoms with Gasteiger partial charge in [0.05, 0.1) is 6.42 Å². The van der Waals surface area contributed by atoms with Gasteiger partial charge in [-0.3, -0.25) is 4.79 Å². The van der Waals surface area contributed by atoms with Gasteiger partial charge in [-0.2, -0.15) is 0 Å². The summed E-state index contributed by atoms with van der Waals surface area (Å²) in [5.41, 5.74) is 1.82. The maximum Gasteiger partial charge on any atom is 0.228 e. The van der Waals surface area contributed by atoms with E-state index in [1.54, 1.807) is 0 Å². The van der Waals surface area contributed by atoms with Crippen LogP contribution in [0.25, 0.3) is 11.0 Å². The first kappa shape index (κ1) is 12.8. The average molecular weight is 285 g/mol. The summed E-state index contributed by atoms with van der Waals surface area (Å²) in [6.45, 7) is 3.88. The minimum Gasteiger partial charge on any atom is -0.356 e. The lowest BCUT2D eigenvalue weighted by Crippen LogP contribution is -2.34. The van der Waals surface area contributed by atoms with Crippen LogP contribution in [-0.4, -0.2) is 42.1 Å². The van der Waals surface area contributed by atoms with Crippen LogP contribution in [0.4, 0.5) is 0 Å². The van der Waals surface area contributed by atoms with Crippen LogP contribution in [0.3, 0.4) is 0 Å². The van der Waals surface area contributed by atoms with Gasteiger partial charge < -0.3 is 14.7 Å². The summed E-state index contributed by atoms with van der Waals surface area (Å²) >= 11 is 0. The first-order valence-corrected chi connectivity index (χ1v) is 7.58. The van der Waals surface area contributed by atoms with Crippen molar-refractivity contribution in [3.63, 3.8) is 0 Å². The largest absolute Gasteiger partial charge is 0.356 e. The number of para-hydroxylation sites is 1. The predicted molar refractivity (Wildman–Crippen MR) is 78.8 cm³/mol. The molecular weight excluding hydrogens is 266 g/mol. The lowest BCUT2D eigenvalue weighted by Gasteiger charge is -2.22. The number of fused-ring (bicyclic) bond motifs is 1.